The van der Waals surface area contributed by atoms with E-state index in [0.29, 0.717) is 19.3 Å². The molecule has 8 heteroatoms. The SMILES string of the molecule is CCC(OC(=O)C(C)(C)CC)C(=O)OC1C2CC3OS(=O)(=O)C1C3C2. The van der Waals surface area contributed by atoms with Crippen LogP contribution in [-0.2, 0) is 33.4 Å². The summed E-state index contributed by atoms with van der Waals surface area (Å²) in [6.07, 6.45) is 0.181. The number of esters is 2. The predicted molar refractivity (Wildman–Crippen MR) is 87.9 cm³/mol. The summed E-state index contributed by atoms with van der Waals surface area (Å²) in [5, 5.41) is -0.777. The summed E-state index contributed by atoms with van der Waals surface area (Å²) < 4.78 is 40.3. The molecule has 7 nitrogen and oxygen atoms in total. The second-order valence-corrected chi connectivity index (χ2v) is 9.65. The largest absolute Gasteiger partial charge is 0.458 e. The van der Waals surface area contributed by atoms with Crippen LogP contribution in [0.1, 0.15) is 53.4 Å². The van der Waals surface area contributed by atoms with Crippen molar-refractivity contribution in [2.24, 2.45) is 17.3 Å². The molecule has 1 heterocycles. The molecule has 0 aromatic heterocycles. The van der Waals surface area contributed by atoms with Gasteiger partial charge < -0.3 is 9.47 Å². The van der Waals surface area contributed by atoms with Gasteiger partial charge in [-0.15, -0.1) is 0 Å². The Balaban J connectivity index is 1.68. The van der Waals surface area contributed by atoms with Gasteiger partial charge in [-0.2, -0.15) is 8.42 Å². The lowest BCUT2D eigenvalue weighted by Gasteiger charge is -2.28. The van der Waals surface area contributed by atoms with E-state index >= 15 is 0 Å². The minimum atomic E-state index is -3.69. The highest BCUT2D eigenvalue weighted by molar-refractivity contribution is 7.87. The van der Waals surface area contributed by atoms with Gasteiger partial charge in [0.2, 0.25) is 0 Å². The van der Waals surface area contributed by atoms with Gasteiger partial charge in [-0.1, -0.05) is 13.8 Å². The van der Waals surface area contributed by atoms with Crippen LogP contribution >= 0.6 is 0 Å². The van der Waals surface area contributed by atoms with Gasteiger partial charge in [-0.05, 0) is 39.5 Å². The van der Waals surface area contributed by atoms with Crippen LogP contribution in [0.15, 0.2) is 0 Å². The summed E-state index contributed by atoms with van der Waals surface area (Å²) in [6.45, 7) is 7.11. The van der Waals surface area contributed by atoms with Crippen molar-refractivity contribution in [1.82, 2.24) is 0 Å². The van der Waals surface area contributed by atoms with E-state index in [-0.39, 0.29) is 24.4 Å². The van der Waals surface area contributed by atoms with Gasteiger partial charge in [0.25, 0.3) is 10.1 Å². The molecule has 0 spiro atoms. The maximum atomic E-state index is 12.5. The monoisotopic (exact) mass is 374 g/mol. The number of rotatable bonds is 6. The highest BCUT2D eigenvalue weighted by atomic mass is 32.2. The molecule has 0 radical (unpaired) electrons. The summed E-state index contributed by atoms with van der Waals surface area (Å²) >= 11 is 0. The van der Waals surface area contributed by atoms with E-state index in [9.17, 15) is 18.0 Å². The average molecular weight is 374 g/mol. The second-order valence-electron chi connectivity index (χ2n) is 7.93. The Kier molecular flexibility index (Phi) is 4.64. The number of carbonyl (C=O) groups is 2. The molecule has 1 saturated heterocycles. The first-order valence-corrected chi connectivity index (χ1v) is 10.4. The Morgan fingerprint density at radius 1 is 1.24 bits per heavy atom. The van der Waals surface area contributed by atoms with Crippen molar-refractivity contribution < 1.29 is 31.7 Å². The van der Waals surface area contributed by atoms with Gasteiger partial charge in [0.05, 0.1) is 11.5 Å². The molecule has 6 unspecified atom stereocenters. The molecule has 2 saturated carbocycles. The Hall–Kier alpha value is -1.15. The molecule has 0 aromatic carbocycles. The molecule has 0 amide bonds. The van der Waals surface area contributed by atoms with Crippen molar-refractivity contribution in [3.63, 3.8) is 0 Å². The lowest BCUT2D eigenvalue weighted by atomic mass is 9.90. The van der Waals surface area contributed by atoms with E-state index in [0.717, 1.165) is 0 Å². The quantitative estimate of drug-likeness (QED) is 0.516. The van der Waals surface area contributed by atoms with Crippen LogP contribution in [0.3, 0.4) is 0 Å². The van der Waals surface area contributed by atoms with Crippen LogP contribution in [0.25, 0.3) is 0 Å². The molecule has 6 atom stereocenters. The Morgan fingerprint density at radius 3 is 2.52 bits per heavy atom. The highest BCUT2D eigenvalue weighted by Gasteiger charge is 2.66. The average Bonchev–Trinajstić information content (AvgIpc) is 3.13. The van der Waals surface area contributed by atoms with Gasteiger partial charge in [0.1, 0.15) is 11.4 Å². The second kappa shape index (κ2) is 6.23. The van der Waals surface area contributed by atoms with E-state index < -0.39 is 44.9 Å². The van der Waals surface area contributed by atoms with Crippen LogP contribution in [-0.4, -0.2) is 43.9 Å². The Labute approximate surface area is 148 Å². The van der Waals surface area contributed by atoms with Gasteiger partial charge in [-0.3, -0.25) is 8.98 Å². The van der Waals surface area contributed by atoms with Crippen LogP contribution < -0.4 is 0 Å². The Morgan fingerprint density at radius 2 is 1.92 bits per heavy atom. The van der Waals surface area contributed by atoms with Crippen molar-refractivity contribution in [3.05, 3.63) is 0 Å². The first-order chi connectivity index (χ1) is 11.6. The number of hydrogen-bond acceptors (Lipinski definition) is 7. The zero-order valence-corrected chi connectivity index (χ0v) is 15.9. The van der Waals surface area contributed by atoms with Gasteiger partial charge in [-0.25, -0.2) is 4.79 Å². The molecule has 3 fully saturated rings. The summed E-state index contributed by atoms with van der Waals surface area (Å²) in [6, 6.07) is 0. The number of fused-ring (bicyclic) bond motifs is 1. The molecular formula is C17H26O7S. The summed E-state index contributed by atoms with van der Waals surface area (Å²) in [5.74, 6) is -1.21. The topological polar surface area (TPSA) is 96.0 Å². The molecule has 0 N–H and O–H groups in total. The fraction of sp³-hybridized carbons (Fsp3) is 0.882. The van der Waals surface area contributed by atoms with Gasteiger partial charge in [0, 0.05) is 11.8 Å². The smallest absolute Gasteiger partial charge is 0.347 e. The van der Waals surface area contributed by atoms with Crippen molar-refractivity contribution in [2.45, 2.75) is 76.9 Å². The molecule has 2 aliphatic carbocycles. The molecule has 0 aromatic rings. The van der Waals surface area contributed by atoms with Gasteiger partial charge >= 0.3 is 11.9 Å². The summed E-state index contributed by atoms with van der Waals surface area (Å²) in [5.41, 5.74) is -0.685. The van der Waals surface area contributed by atoms with Crippen LogP contribution in [0.5, 0.6) is 0 Å². The molecule has 142 valence electrons. The molecule has 25 heavy (non-hydrogen) atoms. The fourth-order valence-electron chi connectivity index (χ4n) is 4.03. The summed E-state index contributed by atoms with van der Waals surface area (Å²) in [7, 11) is -3.69. The number of hydrogen-bond donors (Lipinski definition) is 0. The highest BCUT2D eigenvalue weighted by Crippen LogP contribution is 2.55. The maximum absolute atomic E-state index is 12.5. The van der Waals surface area contributed by atoms with Crippen molar-refractivity contribution in [3.8, 4) is 0 Å². The van der Waals surface area contributed by atoms with E-state index in [1.54, 1.807) is 20.8 Å². The zero-order valence-electron chi connectivity index (χ0n) is 15.1. The molecular weight excluding hydrogens is 348 g/mol. The minimum absolute atomic E-state index is 0.00140. The third-order valence-corrected chi connectivity index (χ3v) is 7.76. The van der Waals surface area contributed by atoms with Crippen molar-refractivity contribution >= 4 is 22.1 Å². The third kappa shape index (κ3) is 3.07. The van der Waals surface area contributed by atoms with E-state index in [1.807, 2.05) is 6.92 Å². The number of carbonyl (C=O) groups excluding carboxylic acids is 2. The first kappa shape index (κ1) is 18.6. The van der Waals surface area contributed by atoms with Crippen LogP contribution in [0.2, 0.25) is 0 Å². The van der Waals surface area contributed by atoms with E-state index in [4.69, 9.17) is 13.7 Å². The first-order valence-electron chi connectivity index (χ1n) is 8.94. The molecule has 3 aliphatic rings. The normalized spacial score (nSPS) is 36.2. The summed E-state index contributed by atoms with van der Waals surface area (Å²) in [4.78, 5) is 24.7. The van der Waals surface area contributed by atoms with E-state index in [2.05, 4.69) is 0 Å². The number of ether oxygens (including phenoxy) is 2. The predicted octanol–water partition coefficient (Wildman–Crippen LogP) is 1.79. The molecule has 1 aliphatic heterocycles. The lowest BCUT2D eigenvalue weighted by molar-refractivity contribution is -0.178. The zero-order chi connectivity index (χ0) is 18.6. The van der Waals surface area contributed by atoms with Crippen molar-refractivity contribution in [2.75, 3.05) is 0 Å². The minimum Gasteiger partial charge on any atom is -0.458 e. The van der Waals surface area contributed by atoms with E-state index in [1.165, 1.54) is 0 Å². The van der Waals surface area contributed by atoms with Crippen LogP contribution in [0, 0.1) is 17.3 Å². The van der Waals surface area contributed by atoms with Gasteiger partial charge in [0.15, 0.2) is 6.10 Å². The lowest BCUT2D eigenvalue weighted by Crippen LogP contribution is -2.42. The van der Waals surface area contributed by atoms with Crippen molar-refractivity contribution in [1.29, 1.82) is 0 Å². The standard InChI is InChI=1S/C17H26O7S/c1-5-11(22-16(19)17(3,4)6-2)15(18)23-13-9-7-10-12(8-9)24-25(20,21)14(10)13/h9-14H,5-8H2,1-4H3. The van der Waals surface area contributed by atoms with Crippen LogP contribution in [0.4, 0.5) is 0 Å². The molecule has 2 bridgehead atoms. The maximum Gasteiger partial charge on any atom is 0.347 e. The third-order valence-electron chi connectivity index (χ3n) is 5.96. The fourth-order valence-corrected chi connectivity index (χ4v) is 6.04. The Bertz CT molecular complexity index is 666. The molecule has 3 rings (SSSR count).